The molecule has 0 aliphatic rings. The Bertz CT molecular complexity index is 1510. The zero-order valence-electron chi connectivity index (χ0n) is 20.3. The first-order chi connectivity index (χ1) is 17.5. The zero-order valence-corrected chi connectivity index (χ0v) is 20.3. The summed E-state index contributed by atoms with van der Waals surface area (Å²) in [5, 5.41) is 2.57. The van der Waals surface area contributed by atoms with Crippen molar-refractivity contribution in [3.8, 4) is 17.2 Å². The van der Waals surface area contributed by atoms with Gasteiger partial charge in [-0.1, -0.05) is 50.2 Å². The lowest BCUT2D eigenvalue weighted by atomic mass is 10.0. The molecule has 0 atom stereocenters. The summed E-state index contributed by atoms with van der Waals surface area (Å²) < 4.78 is 57.9. The number of amides is 1. The number of para-hydroxylation sites is 2. The summed E-state index contributed by atoms with van der Waals surface area (Å²) in [4.78, 5) is 25.4. The molecule has 4 aromatic rings. The van der Waals surface area contributed by atoms with Gasteiger partial charge in [0, 0.05) is 11.8 Å². The van der Waals surface area contributed by atoms with E-state index in [1.807, 2.05) is 32.9 Å². The lowest BCUT2D eigenvalue weighted by Crippen LogP contribution is -2.20. The van der Waals surface area contributed by atoms with Crippen LogP contribution in [0.25, 0.3) is 11.0 Å². The van der Waals surface area contributed by atoms with Crippen molar-refractivity contribution >= 4 is 22.6 Å². The zero-order chi connectivity index (χ0) is 26.7. The summed E-state index contributed by atoms with van der Waals surface area (Å²) >= 11 is 0. The standard InChI is InChI=1S/C28H24F3NO5/c1-16(2)19-9-5-7-11-22(19)36-26-25(34)20-13-12-18(14-23(20)37-27(26)28(29,30)31)35-15-24(33)32-21-10-6-4-8-17(21)3/h4-14,16H,15H2,1-3H3,(H,32,33). The summed E-state index contributed by atoms with van der Waals surface area (Å²) in [5.74, 6) is -2.82. The number of hydrogen-bond acceptors (Lipinski definition) is 5. The molecule has 0 radical (unpaired) electrons. The number of nitrogens with one attached hydrogen (secondary N) is 1. The van der Waals surface area contributed by atoms with Gasteiger partial charge in [0.15, 0.2) is 6.61 Å². The molecule has 0 saturated carbocycles. The van der Waals surface area contributed by atoms with Gasteiger partial charge < -0.3 is 19.2 Å². The molecule has 9 heteroatoms. The normalized spacial score (nSPS) is 11.5. The third kappa shape index (κ3) is 5.77. The fourth-order valence-electron chi connectivity index (χ4n) is 3.73. The van der Waals surface area contributed by atoms with Crippen LogP contribution in [0.3, 0.4) is 0 Å². The number of anilines is 1. The van der Waals surface area contributed by atoms with Gasteiger partial charge in [-0.05, 0) is 48.2 Å². The predicted molar refractivity (Wildman–Crippen MR) is 133 cm³/mol. The van der Waals surface area contributed by atoms with Crippen molar-refractivity contribution in [1.82, 2.24) is 0 Å². The van der Waals surface area contributed by atoms with E-state index >= 15 is 0 Å². The van der Waals surface area contributed by atoms with Crippen LogP contribution in [0.1, 0.15) is 36.7 Å². The molecule has 0 aliphatic carbocycles. The molecule has 4 rings (SSSR count). The van der Waals surface area contributed by atoms with Gasteiger partial charge in [0.2, 0.25) is 11.2 Å². The van der Waals surface area contributed by atoms with Gasteiger partial charge in [-0.25, -0.2) is 0 Å². The number of benzene rings is 3. The smallest absolute Gasteiger partial charge is 0.453 e. The predicted octanol–water partition coefficient (Wildman–Crippen LogP) is 7.05. The number of carbonyl (C=O) groups excluding carboxylic acids is 1. The van der Waals surface area contributed by atoms with Crippen LogP contribution < -0.4 is 20.2 Å². The van der Waals surface area contributed by atoms with Crippen molar-refractivity contribution in [1.29, 1.82) is 0 Å². The molecule has 37 heavy (non-hydrogen) atoms. The van der Waals surface area contributed by atoms with E-state index in [9.17, 15) is 22.8 Å². The molecule has 0 spiro atoms. The highest BCUT2D eigenvalue weighted by molar-refractivity contribution is 5.92. The number of aryl methyl sites for hydroxylation is 1. The molecule has 0 fully saturated rings. The molecular weight excluding hydrogens is 487 g/mol. The Morgan fingerprint density at radius 2 is 1.73 bits per heavy atom. The van der Waals surface area contributed by atoms with Crippen molar-refractivity contribution in [3.63, 3.8) is 0 Å². The Morgan fingerprint density at radius 3 is 2.43 bits per heavy atom. The molecule has 1 heterocycles. The van der Waals surface area contributed by atoms with Crippen LogP contribution in [0, 0.1) is 6.92 Å². The van der Waals surface area contributed by atoms with Crippen molar-refractivity contribution in [2.45, 2.75) is 32.9 Å². The van der Waals surface area contributed by atoms with Crippen molar-refractivity contribution < 1.29 is 31.9 Å². The minimum Gasteiger partial charge on any atom is -0.484 e. The second kappa shape index (κ2) is 10.4. The highest BCUT2D eigenvalue weighted by Crippen LogP contribution is 2.40. The van der Waals surface area contributed by atoms with Crippen LogP contribution in [-0.2, 0) is 11.0 Å². The Balaban J connectivity index is 1.64. The molecule has 0 aliphatic heterocycles. The maximum atomic E-state index is 13.9. The van der Waals surface area contributed by atoms with Gasteiger partial charge in [0.05, 0.1) is 5.39 Å². The minimum atomic E-state index is -5.00. The van der Waals surface area contributed by atoms with Gasteiger partial charge in [-0.2, -0.15) is 13.2 Å². The largest absolute Gasteiger partial charge is 0.484 e. The quantitative estimate of drug-likeness (QED) is 0.288. The molecule has 3 aromatic carbocycles. The highest BCUT2D eigenvalue weighted by Gasteiger charge is 2.40. The van der Waals surface area contributed by atoms with Gasteiger partial charge in [-0.3, -0.25) is 9.59 Å². The highest BCUT2D eigenvalue weighted by atomic mass is 19.4. The van der Waals surface area contributed by atoms with Crippen LogP contribution in [0.4, 0.5) is 18.9 Å². The van der Waals surface area contributed by atoms with Crippen LogP contribution in [0.5, 0.6) is 17.2 Å². The molecule has 6 nitrogen and oxygen atoms in total. The third-order valence-electron chi connectivity index (χ3n) is 5.62. The first kappa shape index (κ1) is 25.8. The van der Waals surface area contributed by atoms with Crippen LogP contribution in [0.2, 0.25) is 0 Å². The van der Waals surface area contributed by atoms with E-state index in [-0.39, 0.29) is 28.4 Å². The molecule has 1 amide bonds. The number of alkyl halides is 3. The Labute approximate surface area is 210 Å². The van der Waals surface area contributed by atoms with E-state index in [2.05, 4.69) is 5.32 Å². The lowest BCUT2D eigenvalue weighted by Gasteiger charge is -2.16. The van der Waals surface area contributed by atoms with Crippen molar-refractivity contribution in [2.75, 3.05) is 11.9 Å². The summed E-state index contributed by atoms with van der Waals surface area (Å²) in [7, 11) is 0. The second-order valence-electron chi connectivity index (χ2n) is 8.69. The molecule has 0 unspecified atom stereocenters. The maximum absolute atomic E-state index is 13.9. The first-order valence-corrected chi connectivity index (χ1v) is 11.5. The number of fused-ring (bicyclic) bond motifs is 1. The molecule has 192 valence electrons. The SMILES string of the molecule is Cc1ccccc1NC(=O)COc1ccc2c(=O)c(Oc3ccccc3C(C)C)c(C(F)(F)F)oc2c1. The fraction of sp³-hybridized carbons (Fsp3) is 0.214. The number of carbonyl (C=O) groups is 1. The number of hydrogen-bond donors (Lipinski definition) is 1. The van der Waals surface area contributed by atoms with Crippen molar-refractivity contribution in [3.05, 3.63) is 93.8 Å². The fourth-order valence-corrected chi connectivity index (χ4v) is 3.73. The van der Waals surface area contributed by atoms with Crippen molar-refractivity contribution in [2.24, 2.45) is 0 Å². The molecule has 0 saturated heterocycles. The van der Waals surface area contributed by atoms with Crippen LogP contribution in [-0.4, -0.2) is 12.5 Å². The van der Waals surface area contributed by atoms with Gasteiger partial charge >= 0.3 is 6.18 Å². The van der Waals surface area contributed by atoms with E-state index in [1.165, 1.54) is 18.2 Å². The van der Waals surface area contributed by atoms with E-state index in [4.69, 9.17) is 13.9 Å². The van der Waals surface area contributed by atoms with Gasteiger partial charge in [0.1, 0.15) is 17.1 Å². The average molecular weight is 511 g/mol. The molecular formula is C28H24F3NO5. The Morgan fingerprint density at radius 1 is 1.03 bits per heavy atom. The number of rotatable bonds is 7. The van der Waals surface area contributed by atoms with E-state index < -0.39 is 35.6 Å². The average Bonchev–Trinajstić information content (AvgIpc) is 2.85. The van der Waals surface area contributed by atoms with Gasteiger partial charge in [-0.15, -0.1) is 0 Å². The first-order valence-electron chi connectivity index (χ1n) is 11.5. The molecule has 1 aromatic heterocycles. The number of ether oxygens (including phenoxy) is 2. The summed E-state index contributed by atoms with van der Waals surface area (Å²) in [6.45, 7) is 5.15. The maximum Gasteiger partial charge on any atom is 0.453 e. The summed E-state index contributed by atoms with van der Waals surface area (Å²) in [6, 6.07) is 17.5. The summed E-state index contributed by atoms with van der Waals surface area (Å²) in [5.41, 5.74) is 0.788. The van der Waals surface area contributed by atoms with E-state index in [0.717, 1.165) is 11.6 Å². The minimum absolute atomic E-state index is 0.0549. The Hall–Kier alpha value is -4.27. The topological polar surface area (TPSA) is 77.8 Å². The third-order valence-corrected chi connectivity index (χ3v) is 5.62. The molecule has 1 N–H and O–H groups in total. The van der Waals surface area contributed by atoms with Gasteiger partial charge in [0.25, 0.3) is 11.7 Å². The summed E-state index contributed by atoms with van der Waals surface area (Å²) in [6.07, 6.45) is -5.00. The number of halogens is 3. The molecule has 0 bridgehead atoms. The monoisotopic (exact) mass is 511 g/mol. The van der Waals surface area contributed by atoms with E-state index in [1.54, 1.807) is 30.3 Å². The van der Waals surface area contributed by atoms with E-state index in [0.29, 0.717) is 11.3 Å². The second-order valence-corrected chi connectivity index (χ2v) is 8.69. The van der Waals surface area contributed by atoms with Crippen LogP contribution in [0.15, 0.2) is 75.9 Å². The van der Waals surface area contributed by atoms with Crippen LogP contribution >= 0.6 is 0 Å². The lowest BCUT2D eigenvalue weighted by molar-refractivity contribution is -0.154. The Kier molecular flexibility index (Phi) is 7.24.